The van der Waals surface area contributed by atoms with Crippen molar-refractivity contribution in [3.63, 3.8) is 0 Å². The van der Waals surface area contributed by atoms with Gasteiger partial charge in [-0.1, -0.05) is 34.8 Å². The van der Waals surface area contributed by atoms with Crippen LogP contribution < -0.4 is 0 Å². The van der Waals surface area contributed by atoms with E-state index in [0.717, 1.165) is 0 Å². The summed E-state index contributed by atoms with van der Waals surface area (Å²) in [7, 11) is -4.91. The SMILES string of the molecule is O=C(OS(=O)(=O)O)C(Cl)(Cl)Cl. The van der Waals surface area contributed by atoms with Gasteiger partial charge in [-0.05, 0) is 0 Å². The molecular formula is C2HCl3O5S. The number of hydrogen-bond donors (Lipinski definition) is 1. The van der Waals surface area contributed by atoms with Crippen LogP contribution in [0.3, 0.4) is 0 Å². The highest BCUT2D eigenvalue weighted by Crippen LogP contribution is 2.27. The van der Waals surface area contributed by atoms with Crippen molar-refractivity contribution in [1.29, 1.82) is 0 Å². The van der Waals surface area contributed by atoms with Gasteiger partial charge in [-0.3, -0.25) is 4.55 Å². The van der Waals surface area contributed by atoms with Crippen LogP contribution >= 0.6 is 34.8 Å². The highest BCUT2D eigenvalue weighted by Gasteiger charge is 2.35. The molecule has 0 amide bonds. The van der Waals surface area contributed by atoms with Crippen molar-refractivity contribution in [2.24, 2.45) is 0 Å². The van der Waals surface area contributed by atoms with Gasteiger partial charge >= 0.3 is 16.4 Å². The Kier molecular flexibility index (Phi) is 3.40. The molecule has 0 saturated carbocycles. The zero-order valence-electron chi connectivity index (χ0n) is 4.62. The Labute approximate surface area is 77.1 Å². The van der Waals surface area contributed by atoms with E-state index in [4.69, 9.17) is 39.4 Å². The summed E-state index contributed by atoms with van der Waals surface area (Å²) in [5.74, 6) is -1.69. The van der Waals surface area contributed by atoms with Crippen LogP contribution in [0.4, 0.5) is 0 Å². The Hall–Kier alpha value is 0.250. The second-order valence-electron chi connectivity index (χ2n) is 1.30. The van der Waals surface area contributed by atoms with Crippen LogP contribution in [0.25, 0.3) is 0 Å². The number of carbonyl (C=O) groups excluding carboxylic acids is 1. The van der Waals surface area contributed by atoms with Crippen LogP contribution in [0, 0.1) is 0 Å². The van der Waals surface area contributed by atoms with E-state index in [0.29, 0.717) is 0 Å². The molecule has 0 aromatic carbocycles. The van der Waals surface area contributed by atoms with Crippen molar-refractivity contribution >= 4 is 51.2 Å². The van der Waals surface area contributed by atoms with Gasteiger partial charge < -0.3 is 4.18 Å². The molecule has 0 fully saturated rings. The van der Waals surface area contributed by atoms with Gasteiger partial charge in [0.05, 0.1) is 0 Å². The maximum absolute atomic E-state index is 10.3. The second-order valence-corrected chi connectivity index (χ2v) is 4.60. The lowest BCUT2D eigenvalue weighted by molar-refractivity contribution is -0.133. The third-order valence-electron chi connectivity index (χ3n) is 0.412. The minimum atomic E-state index is -4.91. The maximum atomic E-state index is 10.3. The maximum Gasteiger partial charge on any atom is 0.449 e. The zero-order valence-corrected chi connectivity index (χ0v) is 7.71. The Morgan fingerprint density at radius 1 is 1.36 bits per heavy atom. The first-order valence-electron chi connectivity index (χ1n) is 1.91. The molecule has 0 heterocycles. The van der Waals surface area contributed by atoms with E-state index in [1.807, 2.05) is 0 Å². The highest BCUT2D eigenvalue weighted by atomic mass is 35.6. The summed E-state index contributed by atoms with van der Waals surface area (Å²) < 4.78 is 28.3. The van der Waals surface area contributed by atoms with Crippen LogP contribution in [-0.4, -0.2) is 22.7 Å². The molecule has 0 aliphatic carbocycles. The third-order valence-corrected chi connectivity index (χ3v) is 1.24. The fourth-order valence-electron chi connectivity index (χ4n) is 0.143. The molecule has 0 spiro atoms. The number of halogens is 3. The molecule has 0 aromatic heterocycles. The molecule has 0 rings (SSSR count). The van der Waals surface area contributed by atoms with Crippen LogP contribution in [-0.2, 0) is 19.4 Å². The van der Waals surface area contributed by atoms with Crippen molar-refractivity contribution in [1.82, 2.24) is 0 Å². The molecule has 1 N–H and O–H groups in total. The topological polar surface area (TPSA) is 80.7 Å². The molecule has 0 atom stereocenters. The summed E-state index contributed by atoms with van der Waals surface area (Å²) in [5.41, 5.74) is 0. The average Bonchev–Trinajstić information content (AvgIpc) is 1.56. The van der Waals surface area contributed by atoms with Crippen LogP contribution in [0.1, 0.15) is 0 Å². The van der Waals surface area contributed by atoms with E-state index in [2.05, 4.69) is 4.18 Å². The molecule has 0 aliphatic rings. The monoisotopic (exact) mass is 242 g/mol. The summed E-state index contributed by atoms with van der Waals surface area (Å²) in [6, 6.07) is 0. The Morgan fingerprint density at radius 2 is 1.73 bits per heavy atom. The van der Waals surface area contributed by atoms with E-state index in [1.165, 1.54) is 0 Å². The molecule has 0 bridgehead atoms. The van der Waals surface area contributed by atoms with E-state index in [9.17, 15) is 13.2 Å². The van der Waals surface area contributed by atoms with Crippen LogP contribution in [0.15, 0.2) is 0 Å². The summed E-state index contributed by atoms with van der Waals surface area (Å²) in [6.07, 6.45) is 0. The molecule has 0 aromatic rings. The van der Waals surface area contributed by atoms with Gasteiger partial charge in [0, 0.05) is 0 Å². The fraction of sp³-hybridized carbons (Fsp3) is 0.500. The first kappa shape index (κ1) is 11.2. The van der Waals surface area contributed by atoms with Crippen molar-refractivity contribution in [3.8, 4) is 0 Å². The number of hydrogen-bond acceptors (Lipinski definition) is 4. The Morgan fingerprint density at radius 3 is 1.82 bits per heavy atom. The number of carbonyl (C=O) groups is 1. The second kappa shape index (κ2) is 3.32. The van der Waals surface area contributed by atoms with E-state index in [-0.39, 0.29) is 0 Å². The zero-order chi connectivity index (χ0) is 9.28. The van der Waals surface area contributed by atoms with Crippen LogP contribution in [0.5, 0.6) is 0 Å². The molecule has 11 heavy (non-hydrogen) atoms. The summed E-state index contributed by atoms with van der Waals surface area (Å²) in [5, 5.41) is 0. The van der Waals surface area contributed by atoms with Crippen molar-refractivity contribution in [2.45, 2.75) is 3.79 Å². The Bertz CT molecular complexity index is 249. The van der Waals surface area contributed by atoms with Crippen molar-refractivity contribution in [2.75, 3.05) is 0 Å². The minimum absolute atomic E-state index is 1.69. The first-order valence-corrected chi connectivity index (χ1v) is 4.41. The molecule has 0 unspecified atom stereocenters. The minimum Gasteiger partial charge on any atom is -0.320 e. The highest BCUT2D eigenvalue weighted by molar-refractivity contribution is 7.81. The van der Waals surface area contributed by atoms with Gasteiger partial charge in [0.1, 0.15) is 0 Å². The van der Waals surface area contributed by atoms with Crippen LogP contribution in [0.2, 0.25) is 0 Å². The smallest absolute Gasteiger partial charge is 0.320 e. The number of rotatable bonds is 1. The predicted octanol–water partition coefficient (Wildman–Crippen LogP) is 0.703. The largest absolute Gasteiger partial charge is 0.449 e. The molecule has 0 saturated heterocycles. The quantitative estimate of drug-likeness (QED) is 0.542. The molecule has 5 nitrogen and oxygen atoms in total. The van der Waals surface area contributed by atoms with Gasteiger partial charge in [0.25, 0.3) is 3.79 Å². The molecule has 0 radical (unpaired) electrons. The standard InChI is InChI=1S/C2HCl3O5S/c3-2(4,5)1(6)10-11(7,8)9/h(H,7,8,9). The number of alkyl halides is 3. The molecular weight excluding hydrogens is 242 g/mol. The van der Waals surface area contributed by atoms with Gasteiger partial charge in [-0.2, -0.15) is 8.42 Å². The summed E-state index contributed by atoms with van der Waals surface area (Å²) in [4.78, 5) is 10.3. The van der Waals surface area contributed by atoms with Gasteiger partial charge in [-0.15, -0.1) is 0 Å². The lowest BCUT2D eigenvalue weighted by Crippen LogP contribution is -2.24. The van der Waals surface area contributed by atoms with E-state index >= 15 is 0 Å². The van der Waals surface area contributed by atoms with Crippen molar-refractivity contribution < 1.29 is 21.9 Å². The lowest BCUT2D eigenvalue weighted by atomic mass is 10.8. The first-order chi connectivity index (χ1) is 4.63. The van der Waals surface area contributed by atoms with Crippen molar-refractivity contribution in [3.05, 3.63) is 0 Å². The normalized spacial score (nSPS) is 12.7. The molecule has 66 valence electrons. The summed E-state index contributed by atoms with van der Waals surface area (Å²) >= 11 is 14.6. The van der Waals surface area contributed by atoms with E-state index < -0.39 is 20.2 Å². The third kappa shape index (κ3) is 5.51. The van der Waals surface area contributed by atoms with Gasteiger partial charge in [-0.25, -0.2) is 4.79 Å². The molecule has 9 heteroatoms. The predicted molar refractivity (Wildman–Crippen MR) is 37.9 cm³/mol. The summed E-state index contributed by atoms with van der Waals surface area (Å²) in [6.45, 7) is 0. The fourth-order valence-corrected chi connectivity index (χ4v) is 0.712. The van der Waals surface area contributed by atoms with Gasteiger partial charge in [0.2, 0.25) is 0 Å². The Balaban J connectivity index is 4.35. The average molecular weight is 243 g/mol. The lowest BCUT2D eigenvalue weighted by Gasteiger charge is -2.06. The van der Waals surface area contributed by atoms with E-state index in [1.54, 1.807) is 0 Å². The molecule has 0 aliphatic heterocycles. The van der Waals surface area contributed by atoms with Gasteiger partial charge in [0.15, 0.2) is 0 Å².